The number of fused-ring (bicyclic) bond motifs is 1. The molecule has 0 N–H and O–H groups in total. The maximum absolute atomic E-state index is 12.7. The molecule has 2 aromatic carbocycles. The maximum atomic E-state index is 12.7. The summed E-state index contributed by atoms with van der Waals surface area (Å²) in [5.74, 6) is -0.109. The van der Waals surface area contributed by atoms with Gasteiger partial charge in [-0.3, -0.25) is 4.79 Å². The van der Waals surface area contributed by atoms with Gasteiger partial charge in [0.15, 0.2) is 5.78 Å². The van der Waals surface area contributed by atoms with Gasteiger partial charge in [-0.15, -0.1) is 11.3 Å². The molecule has 20 heavy (non-hydrogen) atoms. The fourth-order valence-electron chi connectivity index (χ4n) is 2.02. The summed E-state index contributed by atoms with van der Waals surface area (Å²) in [7, 11) is 0. The number of thiophene rings is 1. The predicted octanol–water partition coefficient (Wildman–Crippen LogP) is 6.20. The van der Waals surface area contributed by atoms with Crippen LogP contribution in [-0.4, -0.2) is 5.78 Å². The van der Waals surface area contributed by atoms with E-state index in [1.165, 1.54) is 11.3 Å². The van der Waals surface area contributed by atoms with E-state index in [2.05, 4.69) is 15.9 Å². The van der Waals surface area contributed by atoms with E-state index in [0.717, 1.165) is 14.6 Å². The van der Waals surface area contributed by atoms with Crippen molar-refractivity contribution in [2.75, 3.05) is 0 Å². The zero-order chi connectivity index (χ0) is 14.3. The van der Waals surface area contributed by atoms with E-state index in [1.807, 2.05) is 23.6 Å². The van der Waals surface area contributed by atoms with Gasteiger partial charge < -0.3 is 0 Å². The summed E-state index contributed by atoms with van der Waals surface area (Å²) >= 11 is 17.1. The zero-order valence-electron chi connectivity index (χ0n) is 9.99. The second-order valence-corrected chi connectivity index (χ2v) is 6.72. The molecule has 0 atom stereocenters. The van der Waals surface area contributed by atoms with Crippen LogP contribution in [0.2, 0.25) is 10.0 Å². The number of hydrogen-bond acceptors (Lipinski definition) is 2. The average molecular weight is 386 g/mol. The molecule has 100 valence electrons. The molecular weight excluding hydrogens is 379 g/mol. The lowest BCUT2D eigenvalue weighted by molar-refractivity contribution is 0.104. The first-order valence-corrected chi connectivity index (χ1v) is 8.17. The second-order valence-electron chi connectivity index (χ2n) is 4.20. The summed E-state index contributed by atoms with van der Waals surface area (Å²) < 4.78 is 2.03. The molecule has 3 aromatic rings. The maximum Gasteiger partial charge on any atom is 0.196 e. The first-order chi connectivity index (χ1) is 9.59. The largest absolute Gasteiger partial charge is 0.288 e. The van der Waals surface area contributed by atoms with Crippen LogP contribution in [0.3, 0.4) is 0 Å². The van der Waals surface area contributed by atoms with Crippen LogP contribution in [-0.2, 0) is 0 Å². The van der Waals surface area contributed by atoms with Crippen molar-refractivity contribution in [3.63, 3.8) is 0 Å². The molecule has 1 heterocycles. The SMILES string of the molecule is O=C(c1cccc(Cl)c1Cl)c1csc2c(Br)cccc12. The van der Waals surface area contributed by atoms with Crippen LogP contribution < -0.4 is 0 Å². The molecule has 0 saturated heterocycles. The molecule has 0 unspecified atom stereocenters. The lowest BCUT2D eigenvalue weighted by Crippen LogP contribution is -2.01. The van der Waals surface area contributed by atoms with Gasteiger partial charge in [0.2, 0.25) is 0 Å². The molecule has 0 aliphatic carbocycles. The highest BCUT2D eigenvalue weighted by atomic mass is 79.9. The molecule has 5 heteroatoms. The minimum absolute atomic E-state index is 0.109. The third-order valence-electron chi connectivity index (χ3n) is 2.99. The highest BCUT2D eigenvalue weighted by molar-refractivity contribution is 9.10. The molecule has 3 rings (SSSR count). The lowest BCUT2D eigenvalue weighted by Gasteiger charge is -2.04. The standard InChI is InChI=1S/C15H7BrCl2OS/c16-11-5-1-3-8-10(7-20-15(8)11)14(19)9-4-2-6-12(17)13(9)18/h1-7H. The third kappa shape index (κ3) is 2.29. The van der Waals surface area contributed by atoms with E-state index >= 15 is 0 Å². The van der Waals surface area contributed by atoms with Gasteiger partial charge in [0.25, 0.3) is 0 Å². The quantitative estimate of drug-likeness (QED) is 0.480. The van der Waals surface area contributed by atoms with E-state index in [0.29, 0.717) is 21.2 Å². The number of halogens is 3. The molecular formula is C15H7BrCl2OS. The highest BCUT2D eigenvalue weighted by Gasteiger charge is 2.18. The summed E-state index contributed by atoms with van der Waals surface area (Å²) in [6.45, 7) is 0. The Morgan fingerprint density at radius 1 is 1.05 bits per heavy atom. The van der Waals surface area contributed by atoms with Crippen LogP contribution in [0.1, 0.15) is 15.9 Å². The fraction of sp³-hybridized carbons (Fsp3) is 0. The minimum atomic E-state index is -0.109. The molecule has 0 saturated carbocycles. The van der Waals surface area contributed by atoms with E-state index in [4.69, 9.17) is 23.2 Å². The van der Waals surface area contributed by atoms with E-state index in [-0.39, 0.29) is 5.78 Å². The van der Waals surface area contributed by atoms with Gasteiger partial charge in [-0.2, -0.15) is 0 Å². The molecule has 1 nitrogen and oxygen atoms in total. The number of hydrogen-bond donors (Lipinski definition) is 0. The second kappa shape index (κ2) is 5.49. The van der Waals surface area contributed by atoms with Crippen LogP contribution in [0.5, 0.6) is 0 Å². The Morgan fingerprint density at radius 3 is 2.60 bits per heavy atom. The summed E-state index contributed by atoms with van der Waals surface area (Å²) in [6, 6.07) is 10.9. The number of carbonyl (C=O) groups is 1. The van der Waals surface area contributed by atoms with E-state index in [9.17, 15) is 4.79 Å². The number of carbonyl (C=O) groups excluding carboxylic acids is 1. The van der Waals surface area contributed by atoms with Crippen molar-refractivity contribution >= 4 is 66.3 Å². The molecule has 1 aromatic heterocycles. The van der Waals surface area contributed by atoms with Gasteiger partial charge in [0.1, 0.15) is 0 Å². The van der Waals surface area contributed by atoms with E-state index in [1.54, 1.807) is 18.2 Å². The Bertz CT molecular complexity index is 826. The number of rotatable bonds is 2. The monoisotopic (exact) mass is 384 g/mol. The van der Waals surface area contributed by atoms with Crippen molar-refractivity contribution in [3.05, 3.63) is 67.4 Å². The summed E-state index contributed by atoms with van der Waals surface area (Å²) in [5.41, 5.74) is 1.08. The van der Waals surface area contributed by atoms with Crippen molar-refractivity contribution in [3.8, 4) is 0 Å². The van der Waals surface area contributed by atoms with Gasteiger partial charge in [-0.1, -0.05) is 41.4 Å². The van der Waals surface area contributed by atoms with Gasteiger partial charge in [-0.05, 0) is 34.1 Å². The number of ketones is 1. The first-order valence-electron chi connectivity index (χ1n) is 5.74. The normalized spacial score (nSPS) is 10.9. The van der Waals surface area contributed by atoms with Gasteiger partial charge >= 0.3 is 0 Å². The molecule has 0 amide bonds. The molecule has 0 radical (unpaired) electrons. The van der Waals surface area contributed by atoms with Crippen molar-refractivity contribution in [1.29, 1.82) is 0 Å². The van der Waals surface area contributed by atoms with Crippen LogP contribution >= 0.6 is 50.5 Å². The van der Waals surface area contributed by atoms with Crippen LogP contribution in [0.25, 0.3) is 10.1 Å². The van der Waals surface area contributed by atoms with E-state index < -0.39 is 0 Å². The van der Waals surface area contributed by atoms with Gasteiger partial charge in [-0.25, -0.2) is 0 Å². The topological polar surface area (TPSA) is 17.1 Å². The summed E-state index contributed by atoms with van der Waals surface area (Å²) in [5, 5.41) is 3.46. The average Bonchev–Trinajstić information content (AvgIpc) is 2.86. The van der Waals surface area contributed by atoms with Crippen LogP contribution in [0, 0.1) is 0 Å². The molecule has 0 spiro atoms. The zero-order valence-corrected chi connectivity index (χ0v) is 13.9. The Kier molecular flexibility index (Phi) is 3.87. The fourth-order valence-corrected chi connectivity index (χ4v) is 4.01. The molecule has 0 fully saturated rings. The minimum Gasteiger partial charge on any atom is -0.288 e. The van der Waals surface area contributed by atoms with Crippen molar-refractivity contribution in [2.24, 2.45) is 0 Å². The first kappa shape index (κ1) is 14.1. The highest BCUT2D eigenvalue weighted by Crippen LogP contribution is 2.35. The molecule has 0 aliphatic heterocycles. The van der Waals surface area contributed by atoms with Crippen LogP contribution in [0.4, 0.5) is 0 Å². The van der Waals surface area contributed by atoms with Gasteiger partial charge in [0.05, 0.1) is 10.0 Å². The summed E-state index contributed by atoms with van der Waals surface area (Å²) in [6.07, 6.45) is 0. The Hall–Kier alpha value is -0.870. The van der Waals surface area contributed by atoms with Crippen LogP contribution in [0.15, 0.2) is 46.3 Å². The Morgan fingerprint density at radius 2 is 1.80 bits per heavy atom. The molecule has 0 bridgehead atoms. The third-order valence-corrected chi connectivity index (χ3v) is 5.76. The summed E-state index contributed by atoms with van der Waals surface area (Å²) in [4.78, 5) is 12.7. The lowest BCUT2D eigenvalue weighted by atomic mass is 10.0. The molecule has 0 aliphatic rings. The van der Waals surface area contributed by atoms with Crippen molar-refractivity contribution in [1.82, 2.24) is 0 Å². The Balaban J connectivity index is 2.18. The predicted molar refractivity (Wildman–Crippen MR) is 89.4 cm³/mol. The Labute approximate surface area is 138 Å². The van der Waals surface area contributed by atoms with Crippen molar-refractivity contribution in [2.45, 2.75) is 0 Å². The smallest absolute Gasteiger partial charge is 0.196 e. The number of benzene rings is 2. The van der Waals surface area contributed by atoms with Crippen molar-refractivity contribution < 1.29 is 4.79 Å². The van der Waals surface area contributed by atoms with Gasteiger partial charge in [0, 0.05) is 31.1 Å².